The van der Waals surface area contributed by atoms with E-state index in [9.17, 15) is 0 Å². The van der Waals surface area contributed by atoms with Crippen molar-refractivity contribution < 1.29 is 4.42 Å². The smallest absolute Gasteiger partial charge is 0.153 e. The highest BCUT2D eigenvalue weighted by molar-refractivity contribution is 6.10. The Balaban J connectivity index is 1.10. The summed E-state index contributed by atoms with van der Waals surface area (Å²) in [5, 5.41) is 6.91. The summed E-state index contributed by atoms with van der Waals surface area (Å²) < 4.78 is 6.34. The standard InChI is InChI=1S/C49H32N2O/c1-2-10-33(11-3-1)34-20-22-35(23-21-34)36-24-26-41(27-25-36)51(42-17-8-16-40(28-42)44-19-9-15-37-12-6-7-18-43(37)44)49-31-46-45-29-38-13-4-5-14-39(38)30-47(45)52-48(46)32-50-49/h1-32H. The molecular weight excluding hydrogens is 633 g/mol. The van der Waals surface area contributed by atoms with Gasteiger partial charge in [-0.15, -0.1) is 0 Å². The molecule has 3 heteroatoms. The number of hydrogen-bond acceptors (Lipinski definition) is 3. The lowest BCUT2D eigenvalue weighted by Gasteiger charge is -2.25. The van der Waals surface area contributed by atoms with E-state index in [-0.39, 0.29) is 0 Å². The summed E-state index contributed by atoms with van der Waals surface area (Å²) in [5.74, 6) is 0.818. The predicted molar refractivity (Wildman–Crippen MR) is 218 cm³/mol. The average Bonchev–Trinajstić information content (AvgIpc) is 3.57. The van der Waals surface area contributed by atoms with E-state index >= 15 is 0 Å². The lowest BCUT2D eigenvalue weighted by molar-refractivity contribution is 0.667. The molecule has 0 bridgehead atoms. The van der Waals surface area contributed by atoms with Crippen LogP contribution in [0.5, 0.6) is 0 Å². The summed E-state index contributed by atoms with van der Waals surface area (Å²) in [7, 11) is 0. The molecule has 0 N–H and O–H groups in total. The third kappa shape index (κ3) is 5.28. The van der Waals surface area contributed by atoms with E-state index in [0.29, 0.717) is 0 Å². The zero-order chi connectivity index (χ0) is 34.4. The largest absolute Gasteiger partial charge is 0.454 e. The lowest BCUT2D eigenvalue weighted by Crippen LogP contribution is -2.11. The van der Waals surface area contributed by atoms with Crippen molar-refractivity contribution in [3.63, 3.8) is 0 Å². The van der Waals surface area contributed by atoms with Crippen LogP contribution in [0.3, 0.4) is 0 Å². The van der Waals surface area contributed by atoms with Crippen LogP contribution in [-0.4, -0.2) is 4.98 Å². The SMILES string of the molecule is c1ccc(-c2ccc(-c3ccc(N(c4cccc(-c5cccc6ccccc56)c4)c4cc5c(cn4)oc4cc6ccccc6cc45)cc3)cc2)cc1. The number of hydrogen-bond donors (Lipinski definition) is 0. The molecule has 0 amide bonds. The molecule has 0 spiro atoms. The minimum atomic E-state index is 0.771. The molecule has 2 heterocycles. The Morgan fingerprint density at radius 2 is 0.942 bits per heavy atom. The number of fused-ring (bicyclic) bond motifs is 5. The van der Waals surface area contributed by atoms with Gasteiger partial charge in [0.2, 0.25) is 0 Å². The zero-order valence-electron chi connectivity index (χ0n) is 28.3. The van der Waals surface area contributed by atoms with Gasteiger partial charge in [0, 0.05) is 22.1 Å². The normalized spacial score (nSPS) is 11.5. The fourth-order valence-corrected chi connectivity index (χ4v) is 7.47. The molecule has 52 heavy (non-hydrogen) atoms. The number of aromatic nitrogens is 1. The van der Waals surface area contributed by atoms with Crippen LogP contribution in [0.4, 0.5) is 17.2 Å². The maximum Gasteiger partial charge on any atom is 0.153 e. The fraction of sp³-hybridized carbons (Fsp3) is 0. The van der Waals surface area contributed by atoms with Gasteiger partial charge >= 0.3 is 0 Å². The van der Waals surface area contributed by atoms with Gasteiger partial charge in [0.25, 0.3) is 0 Å². The van der Waals surface area contributed by atoms with E-state index in [4.69, 9.17) is 9.40 Å². The van der Waals surface area contributed by atoms with Crippen LogP contribution in [0.25, 0.3) is 76.9 Å². The van der Waals surface area contributed by atoms with Crippen LogP contribution in [0.1, 0.15) is 0 Å². The van der Waals surface area contributed by atoms with Gasteiger partial charge in [-0.25, -0.2) is 4.98 Å². The number of furan rings is 1. The maximum atomic E-state index is 6.34. The van der Waals surface area contributed by atoms with Crippen LogP contribution in [0.15, 0.2) is 199 Å². The molecule has 0 fully saturated rings. The first-order chi connectivity index (χ1) is 25.7. The molecule has 8 aromatic carbocycles. The molecule has 0 atom stereocenters. The summed E-state index contributed by atoms with van der Waals surface area (Å²) in [6.07, 6.45) is 1.86. The van der Waals surface area contributed by atoms with E-state index in [1.807, 2.05) is 6.20 Å². The minimum Gasteiger partial charge on any atom is -0.454 e. The van der Waals surface area contributed by atoms with Gasteiger partial charge in [-0.05, 0) is 97.4 Å². The minimum absolute atomic E-state index is 0.771. The van der Waals surface area contributed by atoms with Crippen molar-refractivity contribution >= 4 is 60.7 Å². The number of benzene rings is 8. The van der Waals surface area contributed by atoms with Gasteiger partial charge in [0.1, 0.15) is 11.4 Å². The molecule has 244 valence electrons. The van der Waals surface area contributed by atoms with E-state index in [1.165, 1.54) is 38.4 Å². The lowest BCUT2D eigenvalue weighted by atomic mass is 9.97. The molecule has 2 aromatic heterocycles. The van der Waals surface area contributed by atoms with Gasteiger partial charge in [-0.2, -0.15) is 0 Å². The van der Waals surface area contributed by atoms with E-state index < -0.39 is 0 Å². The highest BCUT2D eigenvalue weighted by Gasteiger charge is 2.18. The third-order valence-corrected chi connectivity index (χ3v) is 10.1. The molecular formula is C49H32N2O. The predicted octanol–water partition coefficient (Wildman–Crippen LogP) is 13.8. The van der Waals surface area contributed by atoms with Crippen LogP contribution in [-0.2, 0) is 0 Å². The second-order valence-electron chi connectivity index (χ2n) is 13.2. The summed E-state index contributed by atoms with van der Waals surface area (Å²) >= 11 is 0. The summed E-state index contributed by atoms with van der Waals surface area (Å²) in [6.45, 7) is 0. The molecule has 10 aromatic rings. The van der Waals surface area contributed by atoms with Crippen molar-refractivity contribution in [3.8, 4) is 33.4 Å². The van der Waals surface area contributed by atoms with E-state index in [0.717, 1.165) is 55.6 Å². The Bertz CT molecular complexity index is 2880. The maximum absolute atomic E-state index is 6.34. The summed E-state index contributed by atoms with van der Waals surface area (Å²) in [5.41, 5.74) is 10.8. The van der Waals surface area contributed by atoms with Crippen molar-refractivity contribution in [1.82, 2.24) is 4.98 Å². The molecule has 0 radical (unpaired) electrons. The first-order valence-electron chi connectivity index (χ1n) is 17.6. The molecule has 0 aliphatic rings. The Hall–Kier alpha value is -6.97. The quantitative estimate of drug-likeness (QED) is 0.177. The van der Waals surface area contributed by atoms with Crippen LogP contribution >= 0.6 is 0 Å². The van der Waals surface area contributed by atoms with Crippen LogP contribution < -0.4 is 4.90 Å². The first kappa shape index (κ1) is 29.9. The highest BCUT2D eigenvalue weighted by Crippen LogP contribution is 2.40. The number of nitrogens with zero attached hydrogens (tertiary/aromatic N) is 2. The molecule has 0 saturated heterocycles. The van der Waals surface area contributed by atoms with Crippen molar-refractivity contribution in [2.45, 2.75) is 0 Å². The number of rotatable bonds is 6. The molecule has 3 nitrogen and oxygen atoms in total. The molecule has 10 rings (SSSR count). The molecule has 0 aliphatic heterocycles. The second kappa shape index (κ2) is 12.4. The molecule has 0 saturated carbocycles. The van der Waals surface area contributed by atoms with Gasteiger partial charge in [0.05, 0.1) is 6.20 Å². The fourth-order valence-electron chi connectivity index (χ4n) is 7.47. The van der Waals surface area contributed by atoms with Crippen molar-refractivity contribution in [2.24, 2.45) is 0 Å². The monoisotopic (exact) mass is 664 g/mol. The van der Waals surface area contributed by atoms with Crippen molar-refractivity contribution in [3.05, 3.63) is 194 Å². The molecule has 0 unspecified atom stereocenters. The third-order valence-electron chi connectivity index (χ3n) is 10.1. The Labute approximate surface area is 301 Å². The highest BCUT2D eigenvalue weighted by atomic mass is 16.3. The van der Waals surface area contributed by atoms with E-state index in [2.05, 4.69) is 193 Å². The van der Waals surface area contributed by atoms with Crippen LogP contribution in [0, 0.1) is 0 Å². The summed E-state index contributed by atoms with van der Waals surface area (Å²) in [6, 6.07) is 66.8. The van der Waals surface area contributed by atoms with Crippen molar-refractivity contribution in [1.29, 1.82) is 0 Å². The topological polar surface area (TPSA) is 29.3 Å². The number of pyridine rings is 1. The van der Waals surface area contributed by atoms with Gasteiger partial charge in [-0.3, -0.25) is 4.90 Å². The Kier molecular flexibility index (Phi) is 7.14. The number of anilines is 3. The Morgan fingerprint density at radius 1 is 0.365 bits per heavy atom. The van der Waals surface area contributed by atoms with Gasteiger partial charge in [-0.1, -0.05) is 146 Å². The average molecular weight is 665 g/mol. The second-order valence-corrected chi connectivity index (χ2v) is 13.2. The zero-order valence-corrected chi connectivity index (χ0v) is 28.3. The van der Waals surface area contributed by atoms with Gasteiger partial charge in [0.15, 0.2) is 5.58 Å². The van der Waals surface area contributed by atoms with Crippen molar-refractivity contribution in [2.75, 3.05) is 4.90 Å². The first-order valence-corrected chi connectivity index (χ1v) is 17.6. The van der Waals surface area contributed by atoms with E-state index in [1.54, 1.807) is 0 Å². The summed E-state index contributed by atoms with van der Waals surface area (Å²) in [4.78, 5) is 7.27. The van der Waals surface area contributed by atoms with Crippen LogP contribution in [0.2, 0.25) is 0 Å². The Morgan fingerprint density at radius 3 is 1.71 bits per heavy atom. The van der Waals surface area contributed by atoms with Gasteiger partial charge < -0.3 is 4.42 Å². The molecule has 0 aliphatic carbocycles.